The second-order valence-electron chi connectivity index (χ2n) is 5.50. The van der Waals surface area contributed by atoms with Crippen LogP contribution in [0.3, 0.4) is 0 Å². The van der Waals surface area contributed by atoms with E-state index in [9.17, 15) is 0 Å². The van der Waals surface area contributed by atoms with Crippen LogP contribution >= 0.6 is 11.3 Å². The van der Waals surface area contributed by atoms with Crippen LogP contribution in [0.2, 0.25) is 0 Å². The monoisotopic (exact) mass is 287 g/mol. The van der Waals surface area contributed by atoms with Gasteiger partial charge in [-0.05, 0) is 60.7 Å². The minimum atomic E-state index is 0.261. The number of anilines is 1. The van der Waals surface area contributed by atoms with E-state index in [0.29, 0.717) is 6.04 Å². The van der Waals surface area contributed by atoms with Crippen molar-refractivity contribution in [1.82, 2.24) is 0 Å². The maximum atomic E-state index is 8.93. The summed E-state index contributed by atoms with van der Waals surface area (Å²) in [5.41, 5.74) is 2.50. The molecule has 0 bridgehead atoms. The molecular formula is C17H21NOS. The fourth-order valence-electron chi connectivity index (χ4n) is 2.60. The van der Waals surface area contributed by atoms with E-state index in [-0.39, 0.29) is 6.61 Å². The molecule has 1 fully saturated rings. The average molecular weight is 287 g/mol. The minimum Gasteiger partial charge on any atom is -0.396 e. The molecule has 0 aliphatic heterocycles. The summed E-state index contributed by atoms with van der Waals surface area (Å²) in [5, 5.41) is 14.8. The Morgan fingerprint density at radius 3 is 2.85 bits per heavy atom. The van der Waals surface area contributed by atoms with Crippen molar-refractivity contribution < 1.29 is 5.11 Å². The van der Waals surface area contributed by atoms with Gasteiger partial charge in [-0.15, -0.1) is 11.3 Å². The second-order valence-corrected chi connectivity index (χ2v) is 6.48. The maximum Gasteiger partial charge on any atom is 0.0634 e. The molecule has 1 aromatic heterocycles. The number of hydrogen-bond acceptors (Lipinski definition) is 3. The summed E-state index contributed by atoms with van der Waals surface area (Å²) in [5.74, 6) is 0.787. The van der Waals surface area contributed by atoms with Crippen molar-refractivity contribution in [3.05, 3.63) is 52.2 Å². The molecule has 1 unspecified atom stereocenters. The molecular weight excluding hydrogens is 266 g/mol. The molecule has 2 N–H and O–H groups in total. The van der Waals surface area contributed by atoms with E-state index >= 15 is 0 Å². The number of hydrogen-bond donors (Lipinski definition) is 2. The summed E-state index contributed by atoms with van der Waals surface area (Å²) >= 11 is 1.84. The molecule has 1 atom stereocenters. The maximum absolute atomic E-state index is 8.93. The van der Waals surface area contributed by atoms with E-state index in [1.807, 2.05) is 11.3 Å². The summed E-state index contributed by atoms with van der Waals surface area (Å²) < 4.78 is 0. The molecule has 0 amide bonds. The molecule has 0 spiro atoms. The predicted molar refractivity (Wildman–Crippen MR) is 85.3 cm³/mol. The van der Waals surface area contributed by atoms with E-state index < -0.39 is 0 Å². The third kappa shape index (κ3) is 3.41. The molecule has 2 nitrogen and oxygen atoms in total. The largest absolute Gasteiger partial charge is 0.396 e. The lowest BCUT2D eigenvalue weighted by atomic mass is 10.1. The number of aryl methyl sites for hydroxylation is 1. The van der Waals surface area contributed by atoms with E-state index in [1.165, 1.54) is 29.0 Å². The van der Waals surface area contributed by atoms with Crippen molar-refractivity contribution in [3.63, 3.8) is 0 Å². The van der Waals surface area contributed by atoms with Crippen LogP contribution in [0.4, 0.5) is 5.69 Å². The predicted octanol–water partition coefficient (Wildman–Crippen LogP) is 4.24. The smallest absolute Gasteiger partial charge is 0.0634 e. The summed E-state index contributed by atoms with van der Waals surface area (Å²) in [6.45, 7) is 0.261. The lowest BCUT2D eigenvalue weighted by Gasteiger charge is -2.19. The van der Waals surface area contributed by atoms with Gasteiger partial charge in [-0.3, -0.25) is 0 Å². The van der Waals surface area contributed by atoms with Gasteiger partial charge in [0.1, 0.15) is 0 Å². The Morgan fingerprint density at radius 2 is 2.15 bits per heavy atom. The van der Waals surface area contributed by atoms with Gasteiger partial charge in [-0.25, -0.2) is 0 Å². The Kier molecular flexibility index (Phi) is 4.38. The van der Waals surface area contributed by atoms with Crippen LogP contribution < -0.4 is 5.32 Å². The molecule has 1 heterocycles. The first-order chi connectivity index (χ1) is 9.86. The van der Waals surface area contributed by atoms with E-state index in [4.69, 9.17) is 5.11 Å². The molecule has 3 rings (SSSR count). The first-order valence-electron chi connectivity index (χ1n) is 7.36. The van der Waals surface area contributed by atoms with E-state index in [1.54, 1.807) is 0 Å². The fourth-order valence-corrected chi connectivity index (χ4v) is 3.47. The van der Waals surface area contributed by atoms with E-state index in [0.717, 1.165) is 18.8 Å². The normalized spacial score (nSPS) is 16.1. The zero-order valence-corrected chi connectivity index (χ0v) is 12.4. The first-order valence-corrected chi connectivity index (χ1v) is 8.24. The molecule has 1 aliphatic carbocycles. The quantitative estimate of drug-likeness (QED) is 0.798. The third-order valence-corrected chi connectivity index (χ3v) is 4.77. The van der Waals surface area contributed by atoms with Gasteiger partial charge < -0.3 is 10.4 Å². The van der Waals surface area contributed by atoms with Gasteiger partial charge in [0.05, 0.1) is 6.04 Å². The molecule has 0 saturated heterocycles. The van der Waals surface area contributed by atoms with Crippen LogP contribution in [0.25, 0.3) is 0 Å². The summed E-state index contributed by atoms with van der Waals surface area (Å²) in [6.07, 6.45) is 4.44. The Hall–Kier alpha value is -1.32. The number of rotatable bonds is 7. The number of nitrogens with one attached hydrogen (secondary N) is 1. The Bertz CT molecular complexity index is 534. The van der Waals surface area contributed by atoms with E-state index in [2.05, 4.69) is 47.1 Å². The molecule has 0 radical (unpaired) electrons. The third-order valence-electron chi connectivity index (χ3n) is 3.82. The lowest BCUT2D eigenvalue weighted by molar-refractivity contribution is 0.288. The summed E-state index contributed by atoms with van der Waals surface area (Å²) in [7, 11) is 0. The van der Waals surface area contributed by atoms with Crippen molar-refractivity contribution in [2.75, 3.05) is 11.9 Å². The molecule has 1 aromatic carbocycles. The Morgan fingerprint density at radius 1 is 1.25 bits per heavy atom. The zero-order chi connectivity index (χ0) is 13.8. The van der Waals surface area contributed by atoms with Crippen LogP contribution in [0.5, 0.6) is 0 Å². The Balaban J connectivity index is 1.72. The molecule has 1 saturated carbocycles. The number of aliphatic hydroxyl groups is 1. The van der Waals surface area contributed by atoms with Crippen molar-refractivity contribution in [3.8, 4) is 0 Å². The lowest BCUT2D eigenvalue weighted by Crippen LogP contribution is -2.11. The standard InChI is InChI=1S/C17H21NOS/c19-10-2-5-13-4-1-6-15(12-13)18-17(14-8-9-14)16-7-3-11-20-16/h1,3-4,6-7,11-12,14,17-19H,2,5,8-10H2. The topological polar surface area (TPSA) is 32.3 Å². The van der Waals surface area contributed by atoms with Crippen LogP contribution in [-0.4, -0.2) is 11.7 Å². The van der Waals surface area contributed by atoms with Crippen molar-refractivity contribution in [2.45, 2.75) is 31.7 Å². The highest BCUT2D eigenvalue weighted by molar-refractivity contribution is 7.10. The molecule has 106 valence electrons. The van der Waals surface area contributed by atoms with Crippen molar-refractivity contribution in [2.24, 2.45) is 5.92 Å². The second kappa shape index (κ2) is 6.42. The van der Waals surface area contributed by atoms with Gasteiger partial charge in [0.2, 0.25) is 0 Å². The average Bonchev–Trinajstić information content (AvgIpc) is 3.17. The highest BCUT2D eigenvalue weighted by Crippen LogP contribution is 2.44. The van der Waals surface area contributed by atoms with Gasteiger partial charge in [0.15, 0.2) is 0 Å². The van der Waals surface area contributed by atoms with Crippen LogP contribution in [-0.2, 0) is 6.42 Å². The van der Waals surface area contributed by atoms with Gasteiger partial charge in [0, 0.05) is 17.2 Å². The van der Waals surface area contributed by atoms with Crippen LogP contribution in [0.1, 0.15) is 35.7 Å². The van der Waals surface area contributed by atoms with Crippen LogP contribution in [0, 0.1) is 5.92 Å². The van der Waals surface area contributed by atoms with Gasteiger partial charge >= 0.3 is 0 Å². The molecule has 3 heteroatoms. The zero-order valence-electron chi connectivity index (χ0n) is 11.6. The fraction of sp³-hybridized carbons (Fsp3) is 0.412. The van der Waals surface area contributed by atoms with Crippen molar-refractivity contribution in [1.29, 1.82) is 0 Å². The highest BCUT2D eigenvalue weighted by atomic mass is 32.1. The number of aliphatic hydroxyl groups excluding tert-OH is 1. The molecule has 20 heavy (non-hydrogen) atoms. The van der Waals surface area contributed by atoms with Gasteiger partial charge in [-0.2, -0.15) is 0 Å². The van der Waals surface area contributed by atoms with Gasteiger partial charge in [-0.1, -0.05) is 18.2 Å². The van der Waals surface area contributed by atoms with Crippen molar-refractivity contribution >= 4 is 17.0 Å². The molecule has 2 aromatic rings. The SMILES string of the molecule is OCCCc1cccc(NC(c2cccs2)C2CC2)c1. The van der Waals surface area contributed by atoms with Crippen LogP contribution in [0.15, 0.2) is 41.8 Å². The number of benzene rings is 1. The first kappa shape index (κ1) is 13.7. The summed E-state index contributed by atoms with van der Waals surface area (Å²) in [6, 6.07) is 13.4. The Labute approximate surface area is 124 Å². The number of thiophene rings is 1. The molecule has 1 aliphatic rings. The summed E-state index contributed by atoms with van der Waals surface area (Å²) in [4.78, 5) is 1.44. The minimum absolute atomic E-state index is 0.261. The highest BCUT2D eigenvalue weighted by Gasteiger charge is 2.32. The van der Waals surface area contributed by atoms with Gasteiger partial charge in [0.25, 0.3) is 0 Å².